The number of para-hydroxylation sites is 1. The van der Waals surface area contributed by atoms with Crippen LogP contribution >= 0.6 is 0 Å². The monoisotopic (exact) mass is 268 g/mol. The Morgan fingerprint density at radius 1 is 1.05 bits per heavy atom. The van der Waals surface area contributed by atoms with Gasteiger partial charge in [-0.2, -0.15) is 0 Å². The molecule has 0 spiro atoms. The Morgan fingerprint density at radius 2 is 1.65 bits per heavy atom. The summed E-state index contributed by atoms with van der Waals surface area (Å²) in [7, 11) is 0. The minimum absolute atomic E-state index is 0.594. The van der Waals surface area contributed by atoms with E-state index in [2.05, 4.69) is 10.5 Å². The van der Waals surface area contributed by atoms with E-state index >= 15 is 0 Å². The van der Waals surface area contributed by atoms with Crippen LogP contribution < -0.4 is 5.32 Å². The van der Waals surface area contributed by atoms with Crippen molar-refractivity contribution in [1.82, 2.24) is 0 Å². The molecular formula is C16H16N2O2. The van der Waals surface area contributed by atoms with Crippen LogP contribution in [0.3, 0.4) is 0 Å². The first-order valence-corrected chi connectivity index (χ1v) is 6.34. The van der Waals surface area contributed by atoms with Crippen molar-refractivity contribution < 1.29 is 9.63 Å². The first kappa shape index (κ1) is 13.8. The lowest BCUT2D eigenvalue weighted by atomic mass is 10.1. The van der Waals surface area contributed by atoms with E-state index in [9.17, 15) is 4.79 Å². The molecule has 0 unspecified atom stereocenters. The van der Waals surface area contributed by atoms with Crippen LogP contribution in [0.15, 0.2) is 65.8 Å². The zero-order valence-corrected chi connectivity index (χ0v) is 11.2. The highest BCUT2D eigenvalue weighted by Crippen LogP contribution is 2.06. The molecule has 0 saturated carbocycles. The maximum absolute atomic E-state index is 11.5. The van der Waals surface area contributed by atoms with Gasteiger partial charge in [0.05, 0.1) is 5.71 Å². The number of nitrogens with zero attached hydrogens (tertiary/aromatic N) is 1. The van der Waals surface area contributed by atoms with Gasteiger partial charge in [0.1, 0.15) is 0 Å². The summed E-state index contributed by atoms with van der Waals surface area (Å²) < 4.78 is 0. The normalized spacial score (nSPS) is 10.9. The Morgan fingerprint density at radius 3 is 2.30 bits per heavy atom. The van der Waals surface area contributed by atoms with Crippen LogP contribution in [0.2, 0.25) is 0 Å². The standard InChI is InChI=1S/C16H16N2O2/c1-13(12-14-8-4-2-5-9-14)18-20-16(19)17-15-10-6-3-7-11-15/h2-11H,12H2,1H3,(H,17,19)/b18-13+. The second kappa shape index (κ2) is 7.09. The second-order valence-corrected chi connectivity index (χ2v) is 4.36. The molecule has 1 N–H and O–H groups in total. The van der Waals surface area contributed by atoms with Gasteiger partial charge >= 0.3 is 6.09 Å². The second-order valence-electron chi connectivity index (χ2n) is 4.36. The lowest BCUT2D eigenvalue weighted by Crippen LogP contribution is -2.12. The summed E-state index contributed by atoms with van der Waals surface area (Å²) in [5.41, 5.74) is 2.54. The molecule has 20 heavy (non-hydrogen) atoms. The zero-order valence-electron chi connectivity index (χ0n) is 11.2. The molecule has 0 saturated heterocycles. The molecule has 0 heterocycles. The van der Waals surface area contributed by atoms with E-state index < -0.39 is 6.09 Å². The van der Waals surface area contributed by atoms with E-state index in [1.54, 1.807) is 12.1 Å². The molecule has 102 valence electrons. The molecule has 0 aliphatic heterocycles. The van der Waals surface area contributed by atoms with Crippen molar-refractivity contribution >= 4 is 17.5 Å². The van der Waals surface area contributed by atoms with Crippen LogP contribution in [-0.4, -0.2) is 11.8 Å². The molecule has 0 aromatic heterocycles. The van der Waals surface area contributed by atoms with Crippen LogP contribution in [0.25, 0.3) is 0 Å². The molecule has 1 amide bonds. The molecule has 0 radical (unpaired) electrons. The lowest BCUT2D eigenvalue weighted by molar-refractivity contribution is 0.166. The molecule has 2 rings (SSSR count). The Labute approximate surface area is 118 Å². The van der Waals surface area contributed by atoms with Gasteiger partial charge in [0.2, 0.25) is 0 Å². The van der Waals surface area contributed by atoms with E-state index in [4.69, 9.17) is 4.84 Å². The quantitative estimate of drug-likeness (QED) is 0.520. The highest BCUT2D eigenvalue weighted by Gasteiger charge is 2.03. The molecule has 0 aliphatic carbocycles. The summed E-state index contributed by atoms with van der Waals surface area (Å²) in [6.07, 6.45) is 0.0584. The van der Waals surface area contributed by atoms with Gasteiger partial charge < -0.3 is 0 Å². The van der Waals surface area contributed by atoms with Gasteiger partial charge in [0, 0.05) is 12.1 Å². The number of rotatable bonds is 4. The first-order valence-electron chi connectivity index (χ1n) is 6.34. The van der Waals surface area contributed by atoms with Crippen molar-refractivity contribution in [2.24, 2.45) is 5.16 Å². The Hall–Kier alpha value is -2.62. The average molecular weight is 268 g/mol. The topological polar surface area (TPSA) is 50.7 Å². The van der Waals surface area contributed by atoms with Crippen LogP contribution in [0.4, 0.5) is 10.5 Å². The average Bonchev–Trinajstić information content (AvgIpc) is 2.47. The number of oxime groups is 1. The summed E-state index contributed by atoms with van der Waals surface area (Å²) in [4.78, 5) is 16.3. The summed E-state index contributed by atoms with van der Waals surface area (Å²) in [6.45, 7) is 1.82. The van der Waals surface area contributed by atoms with Crippen molar-refractivity contribution in [1.29, 1.82) is 0 Å². The number of nitrogens with one attached hydrogen (secondary N) is 1. The van der Waals surface area contributed by atoms with Crippen LogP contribution in [0.5, 0.6) is 0 Å². The molecule has 0 aliphatic rings. The predicted molar refractivity (Wildman–Crippen MR) is 79.8 cm³/mol. The molecule has 0 atom stereocenters. The van der Waals surface area contributed by atoms with Gasteiger partial charge in [-0.3, -0.25) is 10.2 Å². The van der Waals surface area contributed by atoms with Gasteiger partial charge in [0.25, 0.3) is 0 Å². The third-order valence-corrected chi connectivity index (χ3v) is 2.61. The fraction of sp³-hybridized carbons (Fsp3) is 0.125. The molecule has 0 fully saturated rings. The number of carbonyl (C=O) groups is 1. The minimum atomic E-state index is -0.594. The number of hydrogen-bond donors (Lipinski definition) is 1. The van der Waals surface area contributed by atoms with Gasteiger partial charge in [-0.15, -0.1) is 0 Å². The van der Waals surface area contributed by atoms with Crippen molar-refractivity contribution in [3.05, 3.63) is 66.2 Å². The van der Waals surface area contributed by atoms with Gasteiger partial charge in [-0.1, -0.05) is 53.7 Å². The van der Waals surface area contributed by atoms with E-state index in [1.165, 1.54) is 0 Å². The highest BCUT2D eigenvalue weighted by molar-refractivity contribution is 5.87. The summed E-state index contributed by atoms with van der Waals surface area (Å²) >= 11 is 0. The third-order valence-electron chi connectivity index (χ3n) is 2.61. The van der Waals surface area contributed by atoms with E-state index in [0.29, 0.717) is 12.1 Å². The van der Waals surface area contributed by atoms with Gasteiger partial charge in [0.15, 0.2) is 0 Å². The molecule has 0 bridgehead atoms. The third kappa shape index (κ3) is 4.57. The molecule has 2 aromatic carbocycles. The number of hydrogen-bond acceptors (Lipinski definition) is 3. The van der Waals surface area contributed by atoms with E-state index in [1.807, 2.05) is 55.5 Å². The summed E-state index contributed by atoms with van der Waals surface area (Å²) in [5, 5.41) is 6.41. The van der Waals surface area contributed by atoms with E-state index in [-0.39, 0.29) is 0 Å². The predicted octanol–water partition coefficient (Wildman–Crippen LogP) is 3.85. The van der Waals surface area contributed by atoms with Gasteiger partial charge in [-0.05, 0) is 24.6 Å². The Balaban J connectivity index is 1.84. The van der Waals surface area contributed by atoms with Crippen LogP contribution in [0, 0.1) is 0 Å². The van der Waals surface area contributed by atoms with Crippen LogP contribution in [-0.2, 0) is 11.3 Å². The van der Waals surface area contributed by atoms with Crippen LogP contribution in [0.1, 0.15) is 12.5 Å². The fourth-order valence-corrected chi connectivity index (χ4v) is 1.71. The SMILES string of the molecule is C/C(Cc1ccccc1)=N\OC(=O)Nc1ccccc1. The van der Waals surface area contributed by atoms with Crippen molar-refractivity contribution in [3.63, 3.8) is 0 Å². The maximum atomic E-state index is 11.5. The summed E-state index contributed by atoms with van der Waals surface area (Å²) in [6, 6.07) is 19.0. The maximum Gasteiger partial charge on any atom is 0.437 e. The number of benzene rings is 2. The van der Waals surface area contributed by atoms with Crippen molar-refractivity contribution in [3.8, 4) is 0 Å². The van der Waals surface area contributed by atoms with Gasteiger partial charge in [-0.25, -0.2) is 4.79 Å². The largest absolute Gasteiger partial charge is 0.437 e. The zero-order chi connectivity index (χ0) is 14.2. The fourth-order valence-electron chi connectivity index (χ4n) is 1.71. The minimum Gasteiger partial charge on any atom is -0.298 e. The molecular weight excluding hydrogens is 252 g/mol. The number of amides is 1. The molecule has 4 nitrogen and oxygen atoms in total. The first-order chi connectivity index (χ1) is 9.74. The molecule has 2 aromatic rings. The number of anilines is 1. The van der Waals surface area contributed by atoms with Crippen molar-refractivity contribution in [2.45, 2.75) is 13.3 Å². The molecule has 4 heteroatoms. The summed E-state index contributed by atoms with van der Waals surface area (Å²) in [5.74, 6) is 0. The Bertz CT molecular complexity index is 580. The lowest BCUT2D eigenvalue weighted by Gasteiger charge is -2.03. The smallest absolute Gasteiger partial charge is 0.298 e. The van der Waals surface area contributed by atoms with E-state index in [0.717, 1.165) is 11.3 Å². The highest BCUT2D eigenvalue weighted by atomic mass is 16.7. The Kier molecular flexibility index (Phi) is 4.89. The van der Waals surface area contributed by atoms with Crippen molar-refractivity contribution in [2.75, 3.05) is 5.32 Å². The number of carbonyl (C=O) groups excluding carboxylic acids is 1.